The normalized spacial score (nSPS) is 18.8. The highest BCUT2D eigenvalue weighted by Gasteiger charge is 2.49. The van der Waals surface area contributed by atoms with E-state index in [9.17, 15) is 24.3 Å². The fourth-order valence-corrected chi connectivity index (χ4v) is 5.44. The van der Waals surface area contributed by atoms with Gasteiger partial charge in [0.25, 0.3) is 0 Å². The molecule has 11 heteroatoms. The minimum absolute atomic E-state index is 0.0375. The molecule has 1 fully saturated rings. The van der Waals surface area contributed by atoms with E-state index in [2.05, 4.69) is 10.3 Å². The molecule has 1 aliphatic rings. The second-order valence-corrected chi connectivity index (χ2v) is 11.1. The molecule has 3 rings (SSSR count). The number of amides is 4. The number of likely N-dealkylation sites (tertiary alicyclic amines) is 1. The number of thiazole rings is 1. The molecule has 36 heavy (non-hydrogen) atoms. The summed E-state index contributed by atoms with van der Waals surface area (Å²) in [6.07, 6.45) is -0.886. The Balaban J connectivity index is 1.74. The number of nitrogens with two attached hydrogens (primary N) is 2. The van der Waals surface area contributed by atoms with Gasteiger partial charge in [0.1, 0.15) is 12.0 Å². The van der Waals surface area contributed by atoms with Crippen LogP contribution in [0.2, 0.25) is 0 Å². The van der Waals surface area contributed by atoms with Crippen LogP contribution in [0.15, 0.2) is 29.8 Å². The number of primary amides is 2. The first-order chi connectivity index (χ1) is 16.8. The van der Waals surface area contributed by atoms with Crippen LogP contribution in [0.25, 0.3) is 10.4 Å². The van der Waals surface area contributed by atoms with Gasteiger partial charge in [-0.05, 0) is 23.5 Å². The van der Waals surface area contributed by atoms with Gasteiger partial charge in [-0.1, -0.05) is 45.0 Å². The Morgan fingerprint density at radius 1 is 1.17 bits per heavy atom. The lowest BCUT2D eigenvalue weighted by Gasteiger charge is -2.37. The summed E-state index contributed by atoms with van der Waals surface area (Å²) in [6, 6.07) is 6.76. The number of hydrogen-bond donors (Lipinski definition) is 4. The Bertz CT molecular complexity index is 1130. The van der Waals surface area contributed by atoms with Gasteiger partial charge in [0.2, 0.25) is 23.6 Å². The van der Waals surface area contributed by atoms with E-state index in [0.29, 0.717) is 0 Å². The van der Waals surface area contributed by atoms with Crippen LogP contribution >= 0.6 is 11.3 Å². The average molecular weight is 516 g/mol. The fraction of sp³-hybridized carbons (Fsp3) is 0.480. The summed E-state index contributed by atoms with van der Waals surface area (Å²) < 4.78 is 0. The number of rotatable bonds is 8. The predicted octanol–water partition coefficient (Wildman–Crippen LogP) is 0.946. The molecular weight excluding hydrogens is 482 g/mol. The summed E-state index contributed by atoms with van der Waals surface area (Å²) in [5.74, 6) is -5.80. The molecule has 0 aliphatic carbocycles. The van der Waals surface area contributed by atoms with Crippen LogP contribution in [0.3, 0.4) is 0 Å². The molecule has 0 saturated carbocycles. The van der Waals surface area contributed by atoms with Gasteiger partial charge < -0.3 is 26.8 Å². The third-order valence-corrected chi connectivity index (χ3v) is 7.42. The summed E-state index contributed by atoms with van der Waals surface area (Å²) in [5, 5.41) is 13.1. The molecule has 2 aromatic rings. The van der Waals surface area contributed by atoms with E-state index in [0.717, 1.165) is 21.7 Å². The predicted molar refractivity (Wildman–Crippen MR) is 135 cm³/mol. The highest BCUT2D eigenvalue weighted by Crippen LogP contribution is 2.36. The number of aliphatic hydroxyl groups excluding tert-OH is 1. The van der Waals surface area contributed by atoms with Crippen molar-refractivity contribution < 1.29 is 24.3 Å². The third kappa shape index (κ3) is 5.90. The van der Waals surface area contributed by atoms with Crippen molar-refractivity contribution in [3.8, 4) is 10.4 Å². The van der Waals surface area contributed by atoms with E-state index in [4.69, 9.17) is 11.5 Å². The Labute approximate surface area is 214 Å². The lowest BCUT2D eigenvalue weighted by Crippen LogP contribution is -2.55. The van der Waals surface area contributed by atoms with Crippen molar-refractivity contribution in [2.24, 2.45) is 28.7 Å². The van der Waals surface area contributed by atoms with Crippen LogP contribution in [0.1, 0.15) is 38.4 Å². The maximum absolute atomic E-state index is 13.6. The number of nitrogens with zero attached hydrogens (tertiary/aromatic N) is 2. The van der Waals surface area contributed by atoms with E-state index in [1.165, 1.54) is 4.90 Å². The zero-order valence-electron chi connectivity index (χ0n) is 20.9. The average Bonchev–Trinajstić information content (AvgIpc) is 3.39. The fourth-order valence-electron chi connectivity index (χ4n) is 4.63. The van der Waals surface area contributed by atoms with Crippen LogP contribution in [0.5, 0.6) is 0 Å². The lowest BCUT2D eigenvalue weighted by molar-refractivity contribution is -0.152. The summed E-state index contributed by atoms with van der Waals surface area (Å²) in [6.45, 7) is 7.14. The highest BCUT2D eigenvalue weighted by molar-refractivity contribution is 7.13. The van der Waals surface area contributed by atoms with Crippen molar-refractivity contribution in [3.63, 3.8) is 0 Å². The van der Waals surface area contributed by atoms with E-state index in [1.807, 2.05) is 31.2 Å². The Morgan fingerprint density at radius 2 is 1.78 bits per heavy atom. The van der Waals surface area contributed by atoms with E-state index in [1.54, 1.807) is 37.6 Å². The number of nitrogens with one attached hydrogen (secondary N) is 1. The monoisotopic (exact) mass is 515 g/mol. The van der Waals surface area contributed by atoms with Crippen LogP contribution in [0.4, 0.5) is 0 Å². The summed E-state index contributed by atoms with van der Waals surface area (Å²) in [7, 11) is 0. The molecule has 1 aliphatic heterocycles. The van der Waals surface area contributed by atoms with E-state index < -0.39 is 53.0 Å². The quantitative estimate of drug-likeness (QED) is 0.382. The minimum Gasteiger partial charge on any atom is -0.391 e. The highest BCUT2D eigenvalue weighted by atomic mass is 32.1. The van der Waals surface area contributed by atoms with Gasteiger partial charge in [-0.2, -0.15) is 0 Å². The number of β-amino-alcohol motifs (C(OH)–C–C–N with tert-alkyl or cyclic N) is 1. The van der Waals surface area contributed by atoms with Crippen LogP contribution in [-0.2, 0) is 25.7 Å². The molecule has 10 nitrogen and oxygen atoms in total. The van der Waals surface area contributed by atoms with Crippen molar-refractivity contribution in [2.75, 3.05) is 6.54 Å². The number of hydrogen-bond acceptors (Lipinski definition) is 7. The molecule has 4 amide bonds. The van der Waals surface area contributed by atoms with Crippen molar-refractivity contribution in [1.29, 1.82) is 0 Å². The van der Waals surface area contributed by atoms with Gasteiger partial charge in [-0.25, -0.2) is 4.98 Å². The topological polar surface area (TPSA) is 169 Å². The molecule has 2 heterocycles. The molecule has 0 bridgehead atoms. The zero-order valence-corrected chi connectivity index (χ0v) is 21.7. The van der Waals surface area contributed by atoms with Crippen LogP contribution < -0.4 is 16.8 Å². The summed E-state index contributed by atoms with van der Waals surface area (Å²) in [5.41, 5.74) is 14.6. The number of carbonyl (C=O) groups is 4. The first-order valence-electron chi connectivity index (χ1n) is 11.7. The summed E-state index contributed by atoms with van der Waals surface area (Å²) in [4.78, 5) is 57.3. The SMILES string of the molecule is Cc1ncsc1-c1ccc(CNC(=O)[C@@H]2C[C@@H](O)CN2C(=O)[C@@H](C(C(N)=O)C(N)=O)C(C)(C)C)cc1. The second-order valence-electron chi connectivity index (χ2n) is 10.2. The Morgan fingerprint density at radius 3 is 2.28 bits per heavy atom. The maximum Gasteiger partial charge on any atom is 0.243 e. The van der Waals surface area contributed by atoms with Crippen molar-refractivity contribution in [3.05, 3.63) is 41.0 Å². The first-order valence-corrected chi connectivity index (χ1v) is 12.5. The molecule has 0 unspecified atom stereocenters. The standard InChI is InChI=1S/C25H33N5O5S/c1-13-20(36-12-29-13)15-7-5-14(6-8-15)10-28-23(34)17-9-16(31)11-30(17)24(35)19(25(2,3)4)18(21(26)32)22(27)33/h5-8,12,16-19,31H,9-11H2,1-4H3,(H2,26,32)(H2,27,33)(H,28,34)/t16-,17+,19-/m1/s1. The Kier molecular flexibility index (Phi) is 8.15. The van der Waals surface area contributed by atoms with Crippen molar-refractivity contribution >= 4 is 35.0 Å². The molecule has 3 atom stereocenters. The van der Waals surface area contributed by atoms with E-state index >= 15 is 0 Å². The van der Waals surface area contributed by atoms with Crippen LogP contribution in [-0.4, -0.2) is 57.3 Å². The van der Waals surface area contributed by atoms with Gasteiger partial charge in [0.05, 0.1) is 28.1 Å². The van der Waals surface area contributed by atoms with Gasteiger partial charge in [0.15, 0.2) is 0 Å². The largest absolute Gasteiger partial charge is 0.391 e. The van der Waals surface area contributed by atoms with Crippen molar-refractivity contribution in [1.82, 2.24) is 15.2 Å². The summed E-state index contributed by atoms with van der Waals surface area (Å²) >= 11 is 1.56. The molecule has 0 radical (unpaired) electrons. The van der Waals surface area contributed by atoms with Gasteiger partial charge >= 0.3 is 0 Å². The van der Waals surface area contributed by atoms with Crippen LogP contribution in [0, 0.1) is 24.2 Å². The maximum atomic E-state index is 13.6. The first kappa shape index (κ1) is 27.3. The lowest BCUT2D eigenvalue weighted by atomic mass is 9.71. The number of benzene rings is 1. The zero-order chi connectivity index (χ0) is 26.8. The molecule has 1 aromatic heterocycles. The molecule has 6 N–H and O–H groups in total. The van der Waals surface area contributed by atoms with Crippen molar-refractivity contribution in [2.45, 2.75) is 52.8 Å². The molecular formula is C25H33N5O5S. The number of carbonyl (C=O) groups excluding carboxylic acids is 4. The molecule has 0 spiro atoms. The Hall–Kier alpha value is -3.31. The number of aryl methyl sites for hydroxylation is 1. The minimum atomic E-state index is -1.54. The molecule has 1 aromatic carbocycles. The number of aromatic nitrogens is 1. The van der Waals surface area contributed by atoms with E-state index in [-0.39, 0.29) is 19.5 Å². The van der Waals surface area contributed by atoms with Gasteiger partial charge in [0, 0.05) is 19.5 Å². The molecule has 194 valence electrons. The smallest absolute Gasteiger partial charge is 0.243 e. The third-order valence-electron chi connectivity index (χ3n) is 6.44. The number of aliphatic hydroxyl groups is 1. The van der Waals surface area contributed by atoms with Gasteiger partial charge in [-0.15, -0.1) is 11.3 Å². The second kappa shape index (κ2) is 10.8. The van der Waals surface area contributed by atoms with Gasteiger partial charge in [-0.3, -0.25) is 19.2 Å². The molecule has 1 saturated heterocycles.